The summed E-state index contributed by atoms with van der Waals surface area (Å²) < 4.78 is 15.2. The molecule has 0 aliphatic heterocycles. The molecular formula is C27H30O6. The highest BCUT2D eigenvalue weighted by atomic mass is 16.5. The number of ether oxygens (including phenoxy) is 3. The first-order chi connectivity index (χ1) is 15.7. The van der Waals surface area contributed by atoms with Crippen molar-refractivity contribution in [3.05, 3.63) is 93.5 Å². The number of hydrogen-bond donors (Lipinski definition) is 1. The predicted molar refractivity (Wildman–Crippen MR) is 127 cm³/mol. The van der Waals surface area contributed by atoms with Gasteiger partial charge in [0.2, 0.25) is 0 Å². The van der Waals surface area contributed by atoms with E-state index in [1.807, 2.05) is 56.3 Å². The van der Waals surface area contributed by atoms with Crippen LogP contribution in [0.15, 0.2) is 54.6 Å². The van der Waals surface area contributed by atoms with Crippen LogP contribution in [-0.4, -0.2) is 31.3 Å². The van der Waals surface area contributed by atoms with E-state index in [4.69, 9.17) is 9.47 Å². The monoisotopic (exact) mass is 450 g/mol. The molecule has 0 radical (unpaired) electrons. The smallest absolute Gasteiger partial charge is 0.338 e. The van der Waals surface area contributed by atoms with E-state index in [1.54, 1.807) is 26.0 Å². The van der Waals surface area contributed by atoms with Crippen LogP contribution in [0.4, 0.5) is 0 Å². The number of rotatable bonds is 5. The lowest BCUT2D eigenvalue weighted by Gasteiger charge is -2.12. The molecule has 6 heteroatoms. The third-order valence-electron chi connectivity index (χ3n) is 5.05. The van der Waals surface area contributed by atoms with Gasteiger partial charge in [0.25, 0.3) is 0 Å². The Morgan fingerprint density at radius 2 is 1.15 bits per heavy atom. The Hall–Kier alpha value is -3.80. The fourth-order valence-electron chi connectivity index (χ4n) is 3.54. The van der Waals surface area contributed by atoms with E-state index in [1.165, 1.54) is 14.2 Å². The van der Waals surface area contributed by atoms with Gasteiger partial charge in [-0.25, -0.2) is 9.59 Å². The van der Waals surface area contributed by atoms with Crippen molar-refractivity contribution < 1.29 is 28.9 Å². The van der Waals surface area contributed by atoms with Gasteiger partial charge in [0.05, 0.1) is 25.3 Å². The summed E-state index contributed by atoms with van der Waals surface area (Å²) >= 11 is 0. The molecule has 3 rings (SSSR count). The van der Waals surface area contributed by atoms with Crippen molar-refractivity contribution >= 4 is 11.9 Å². The van der Waals surface area contributed by atoms with Gasteiger partial charge in [0.1, 0.15) is 18.1 Å². The quantitative estimate of drug-likeness (QED) is 0.520. The maximum absolute atomic E-state index is 11.7. The number of esters is 2. The highest BCUT2D eigenvalue weighted by Crippen LogP contribution is 2.23. The Balaban J connectivity index is 0.000000257. The van der Waals surface area contributed by atoms with Gasteiger partial charge in [-0.05, 0) is 79.8 Å². The van der Waals surface area contributed by atoms with Crippen LogP contribution in [0.5, 0.6) is 11.5 Å². The maximum atomic E-state index is 11.7. The average Bonchev–Trinajstić information content (AvgIpc) is 2.77. The Bertz CT molecular complexity index is 1070. The summed E-state index contributed by atoms with van der Waals surface area (Å²) in [5.41, 5.74) is 5.42. The van der Waals surface area contributed by atoms with E-state index in [0.29, 0.717) is 17.7 Å². The molecule has 0 aliphatic carbocycles. The van der Waals surface area contributed by atoms with Gasteiger partial charge in [-0.15, -0.1) is 0 Å². The molecule has 0 atom stereocenters. The standard InChI is InChI=1S/C17H18O3.C10H12O3/c1-12-9-15(10-13(2)16(12)17(18)19-3)20-11-14-7-5-4-6-8-14;1-6-4-8(11)5-7(2)9(6)10(12)13-3/h4-10H,11H2,1-3H3;4-5,11H,1-3H3. The van der Waals surface area contributed by atoms with Crippen molar-refractivity contribution in [1.29, 1.82) is 0 Å². The first-order valence-corrected chi connectivity index (χ1v) is 10.4. The first kappa shape index (κ1) is 25.5. The summed E-state index contributed by atoms with van der Waals surface area (Å²) in [7, 11) is 2.73. The minimum absolute atomic E-state index is 0.169. The molecule has 0 saturated carbocycles. The number of aryl methyl sites for hydroxylation is 4. The second-order valence-electron chi connectivity index (χ2n) is 7.64. The molecule has 1 N–H and O–H groups in total. The first-order valence-electron chi connectivity index (χ1n) is 10.4. The minimum Gasteiger partial charge on any atom is -0.508 e. The lowest BCUT2D eigenvalue weighted by Crippen LogP contribution is -2.07. The van der Waals surface area contributed by atoms with Gasteiger partial charge in [-0.3, -0.25) is 0 Å². The van der Waals surface area contributed by atoms with Crippen molar-refractivity contribution in [2.24, 2.45) is 0 Å². The second kappa shape index (κ2) is 11.7. The van der Waals surface area contributed by atoms with Gasteiger partial charge in [0.15, 0.2) is 0 Å². The highest BCUT2D eigenvalue weighted by Gasteiger charge is 2.14. The van der Waals surface area contributed by atoms with Crippen molar-refractivity contribution in [1.82, 2.24) is 0 Å². The molecule has 0 aromatic heterocycles. The Morgan fingerprint density at radius 1 is 0.727 bits per heavy atom. The Labute approximate surface area is 194 Å². The Morgan fingerprint density at radius 3 is 1.58 bits per heavy atom. The average molecular weight is 451 g/mol. The van der Waals surface area contributed by atoms with Gasteiger partial charge in [-0.1, -0.05) is 30.3 Å². The van der Waals surface area contributed by atoms with Crippen LogP contribution in [0.25, 0.3) is 0 Å². The van der Waals surface area contributed by atoms with Crippen LogP contribution >= 0.6 is 0 Å². The molecule has 174 valence electrons. The van der Waals surface area contributed by atoms with E-state index < -0.39 is 0 Å². The molecule has 0 spiro atoms. The second-order valence-corrected chi connectivity index (χ2v) is 7.64. The van der Waals surface area contributed by atoms with E-state index in [9.17, 15) is 14.7 Å². The zero-order valence-corrected chi connectivity index (χ0v) is 19.9. The zero-order chi connectivity index (χ0) is 24.5. The topological polar surface area (TPSA) is 82.1 Å². The van der Waals surface area contributed by atoms with E-state index in [0.717, 1.165) is 33.6 Å². The zero-order valence-electron chi connectivity index (χ0n) is 19.9. The van der Waals surface area contributed by atoms with Crippen LogP contribution in [0, 0.1) is 27.7 Å². The Kier molecular flexibility index (Phi) is 9.04. The van der Waals surface area contributed by atoms with Crippen LogP contribution in [0.2, 0.25) is 0 Å². The molecule has 0 bridgehead atoms. The van der Waals surface area contributed by atoms with Crippen molar-refractivity contribution in [2.75, 3.05) is 14.2 Å². The lowest BCUT2D eigenvalue weighted by atomic mass is 10.0. The van der Waals surface area contributed by atoms with Crippen molar-refractivity contribution in [2.45, 2.75) is 34.3 Å². The van der Waals surface area contributed by atoms with Gasteiger partial charge in [0, 0.05) is 0 Å². The van der Waals surface area contributed by atoms with E-state index in [-0.39, 0.29) is 17.7 Å². The molecule has 6 nitrogen and oxygen atoms in total. The molecule has 0 saturated heterocycles. The summed E-state index contributed by atoms with van der Waals surface area (Å²) in [5.74, 6) is 0.253. The number of phenolic OH excluding ortho intramolecular Hbond substituents is 1. The minimum atomic E-state index is -0.366. The number of carbonyl (C=O) groups excluding carboxylic acids is 2. The summed E-state index contributed by atoms with van der Waals surface area (Å²) in [4.78, 5) is 22.9. The molecule has 0 heterocycles. The largest absolute Gasteiger partial charge is 0.508 e. The van der Waals surface area contributed by atoms with Gasteiger partial charge >= 0.3 is 11.9 Å². The van der Waals surface area contributed by atoms with Crippen molar-refractivity contribution in [3.63, 3.8) is 0 Å². The van der Waals surface area contributed by atoms with Gasteiger partial charge < -0.3 is 19.3 Å². The number of methoxy groups -OCH3 is 2. The normalized spacial score (nSPS) is 10.0. The number of phenols is 1. The summed E-state index contributed by atoms with van der Waals surface area (Å²) in [6.07, 6.45) is 0. The number of benzene rings is 3. The van der Waals surface area contributed by atoms with Crippen LogP contribution in [-0.2, 0) is 16.1 Å². The summed E-state index contributed by atoms with van der Waals surface area (Å²) in [6.45, 7) is 7.80. The number of carbonyl (C=O) groups is 2. The lowest BCUT2D eigenvalue weighted by molar-refractivity contribution is 0.0590. The fraction of sp³-hybridized carbons (Fsp3) is 0.259. The highest BCUT2D eigenvalue weighted by molar-refractivity contribution is 5.93. The predicted octanol–water partition coefficient (Wildman–Crippen LogP) is 5.46. The third kappa shape index (κ3) is 6.84. The van der Waals surface area contributed by atoms with E-state index >= 15 is 0 Å². The van der Waals surface area contributed by atoms with Crippen molar-refractivity contribution in [3.8, 4) is 11.5 Å². The van der Waals surface area contributed by atoms with Crippen LogP contribution in [0.1, 0.15) is 48.5 Å². The molecule has 3 aromatic rings. The maximum Gasteiger partial charge on any atom is 0.338 e. The number of aromatic hydroxyl groups is 1. The number of hydrogen-bond acceptors (Lipinski definition) is 6. The summed E-state index contributed by atoms with van der Waals surface area (Å²) in [6, 6.07) is 16.8. The molecular weight excluding hydrogens is 420 g/mol. The van der Waals surface area contributed by atoms with Crippen LogP contribution < -0.4 is 4.74 Å². The van der Waals surface area contributed by atoms with Crippen LogP contribution in [0.3, 0.4) is 0 Å². The van der Waals surface area contributed by atoms with Gasteiger partial charge in [-0.2, -0.15) is 0 Å². The summed E-state index contributed by atoms with van der Waals surface area (Å²) in [5, 5.41) is 9.22. The molecule has 0 unspecified atom stereocenters. The molecule has 0 fully saturated rings. The SMILES string of the molecule is COC(=O)c1c(C)cc(O)cc1C.COC(=O)c1c(C)cc(OCc2ccccc2)cc1C. The molecule has 3 aromatic carbocycles. The molecule has 0 aliphatic rings. The fourth-order valence-corrected chi connectivity index (χ4v) is 3.54. The molecule has 33 heavy (non-hydrogen) atoms. The third-order valence-corrected chi connectivity index (χ3v) is 5.05. The molecule has 0 amide bonds. The van der Waals surface area contributed by atoms with E-state index in [2.05, 4.69) is 4.74 Å².